The summed E-state index contributed by atoms with van der Waals surface area (Å²) in [7, 11) is 2.91. The molecule has 0 saturated heterocycles. The van der Waals surface area contributed by atoms with E-state index in [0.717, 1.165) is 16.7 Å². The average molecular weight is 514 g/mol. The van der Waals surface area contributed by atoms with Crippen LogP contribution >= 0.6 is 23.2 Å². The molecule has 0 bridgehead atoms. The molecular formula is C27H22Cl2FNO4. The lowest BCUT2D eigenvalue weighted by Crippen LogP contribution is -2.12. The van der Waals surface area contributed by atoms with Gasteiger partial charge in [0.15, 0.2) is 11.5 Å². The van der Waals surface area contributed by atoms with Crippen molar-refractivity contribution in [2.75, 3.05) is 19.5 Å². The van der Waals surface area contributed by atoms with Crippen molar-refractivity contribution in [1.82, 2.24) is 0 Å². The minimum absolute atomic E-state index is 0.0299. The van der Waals surface area contributed by atoms with E-state index in [2.05, 4.69) is 5.32 Å². The average Bonchev–Trinajstić information content (AvgIpc) is 3.07. The standard InChI is InChI=1S/C27H22Cl2FNO4/c1-14-19(8-15-9-24(34-2)27(33)25(10-15)35-3)18-6-4-16(30)11-21(18)20(14)13-26(32)31-17-5-7-22(28)23(29)12-17/h4-12,33H,13H2,1-3H3,(H,31,32). The molecule has 4 rings (SSSR count). The van der Waals surface area contributed by atoms with Gasteiger partial charge < -0.3 is 19.9 Å². The van der Waals surface area contributed by atoms with Crippen LogP contribution < -0.4 is 14.8 Å². The van der Waals surface area contributed by atoms with Crippen LogP contribution in [-0.4, -0.2) is 25.2 Å². The van der Waals surface area contributed by atoms with E-state index in [1.165, 1.54) is 26.4 Å². The fraction of sp³-hybridized carbons (Fsp3) is 0.148. The summed E-state index contributed by atoms with van der Waals surface area (Å²) in [5.74, 6) is -0.249. The molecule has 5 nitrogen and oxygen atoms in total. The lowest BCUT2D eigenvalue weighted by Gasteiger charge is -2.11. The van der Waals surface area contributed by atoms with Crippen LogP contribution in [0.25, 0.3) is 17.2 Å². The van der Waals surface area contributed by atoms with Gasteiger partial charge in [-0.25, -0.2) is 4.39 Å². The van der Waals surface area contributed by atoms with Gasteiger partial charge in [-0.05, 0) is 88.9 Å². The lowest BCUT2D eigenvalue weighted by atomic mass is 10.00. The Morgan fingerprint density at radius 1 is 1.00 bits per heavy atom. The third-order valence-electron chi connectivity index (χ3n) is 5.81. The molecule has 180 valence electrons. The topological polar surface area (TPSA) is 67.8 Å². The van der Waals surface area contributed by atoms with E-state index in [-0.39, 0.29) is 29.6 Å². The summed E-state index contributed by atoms with van der Waals surface area (Å²) in [6.07, 6.45) is 1.92. The molecule has 0 atom stereocenters. The predicted molar refractivity (Wildman–Crippen MR) is 138 cm³/mol. The van der Waals surface area contributed by atoms with Crippen LogP contribution in [0.2, 0.25) is 10.0 Å². The number of rotatable bonds is 6. The Labute approximate surface area is 212 Å². The molecule has 0 unspecified atom stereocenters. The zero-order chi connectivity index (χ0) is 25.3. The molecule has 0 spiro atoms. The van der Waals surface area contributed by atoms with Gasteiger partial charge in [-0.1, -0.05) is 29.3 Å². The van der Waals surface area contributed by atoms with Crippen molar-refractivity contribution >= 4 is 52.0 Å². The maximum absolute atomic E-state index is 14.2. The van der Waals surface area contributed by atoms with Gasteiger partial charge >= 0.3 is 0 Å². The monoisotopic (exact) mass is 513 g/mol. The summed E-state index contributed by atoms with van der Waals surface area (Å²) in [6.45, 7) is 1.89. The quantitative estimate of drug-likeness (QED) is 0.365. The Morgan fingerprint density at radius 2 is 1.69 bits per heavy atom. The second kappa shape index (κ2) is 10.0. The second-order valence-corrected chi connectivity index (χ2v) is 8.79. The van der Waals surface area contributed by atoms with Gasteiger partial charge in [0.25, 0.3) is 0 Å². The highest BCUT2D eigenvalue weighted by Gasteiger charge is 2.26. The van der Waals surface area contributed by atoms with Crippen LogP contribution in [0.1, 0.15) is 30.0 Å². The summed E-state index contributed by atoms with van der Waals surface area (Å²) < 4.78 is 24.7. The van der Waals surface area contributed by atoms with Crippen LogP contribution in [0.15, 0.2) is 54.1 Å². The highest BCUT2D eigenvalue weighted by atomic mass is 35.5. The highest BCUT2D eigenvalue weighted by molar-refractivity contribution is 6.42. The van der Waals surface area contributed by atoms with Crippen LogP contribution in [0.5, 0.6) is 17.2 Å². The third kappa shape index (κ3) is 4.99. The van der Waals surface area contributed by atoms with E-state index in [1.54, 1.807) is 36.4 Å². The van der Waals surface area contributed by atoms with Gasteiger partial charge in [-0.2, -0.15) is 0 Å². The number of carbonyl (C=O) groups excluding carboxylic acids is 1. The number of aromatic hydroxyl groups is 1. The number of amides is 1. The fourth-order valence-electron chi connectivity index (χ4n) is 4.08. The molecule has 35 heavy (non-hydrogen) atoms. The number of phenolic OH excluding ortho intramolecular Hbond substituents is 1. The molecule has 3 aromatic carbocycles. The minimum atomic E-state index is -0.395. The smallest absolute Gasteiger partial charge is 0.228 e. The first kappa shape index (κ1) is 24.6. The van der Waals surface area contributed by atoms with Crippen molar-refractivity contribution in [3.63, 3.8) is 0 Å². The number of fused-ring (bicyclic) bond motifs is 1. The molecule has 0 saturated carbocycles. The molecule has 2 N–H and O–H groups in total. The molecule has 0 aliphatic heterocycles. The van der Waals surface area contributed by atoms with Gasteiger partial charge in [0.1, 0.15) is 5.82 Å². The van der Waals surface area contributed by atoms with E-state index in [9.17, 15) is 14.3 Å². The first-order valence-corrected chi connectivity index (χ1v) is 11.4. The maximum Gasteiger partial charge on any atom is 0.228 e. The molecule has 0 heterocycles. The van der Waals surface area contributed by atoms with Crippen LogP contribution in [0, 0.1) is 5.82 Å². The molecule has 1 aliphatic carbocycles. The molecular weight excluding hydrogens is 492 g/mol. The molecule has 0 aromatic heterocycles. The van der Waals surface area contributed by atoms with Gasteiger partial charge in [-0.15, -0.1) is 0 Å². The van der Waals surface area contributed by atoms with Crippen LogP contribution in [-0.2, 0) is 4.79 Å². The summed E-state index contributed by atoms with van der Waals surface area (Å²) in [5.41, 5.74) is 5.04. The first-order valence-electron chi connectivity index (χ1n) is 10.6. The summed E-state index contributed by atoms with van der Waals surface area (Å²) in [5, 5.41) is 13.8. The van der Waals surface area contributed by atoms with E-state index < -0.39 is 5.82 Å². The zero-order valence-electron chi connectivity index (χ0n) is 19.2. The summed E-state index contributed by atoms with van der Waals surface area (Å²) >= 11 is 12.0. The Hall–Kier alpha value is -3.48. The predicted octanol–water partition coefficient (Wildman–Crippen LogP) is 7.21. The molecule has 3 aromatic rings. The number of halogens is 3. The van der Waals surface area contributed by atoms with Crippen molar-refractivity contribution in [3.05, 3.63) is 86.7 Å². The lowest BCUT2D eigenvalue weighted by molar-refractivity contribution is -0.115. The fourth-order valence-corrected chi connectivity index (χ4v) is 4.38. The molecule has 1 aliphatic rings. The number of benzene rings is 3. The minimum Gasteiger partial charge on any atom is -0.502 e. The van der Waals surface area contributed by atoms with Crippen LogP contribution in [0.4, 0.5) is 10.1 Å². The number of ether oxygens (including phenoxy) is 2. The number of hydrogen-bond donors (Lipinski definition) is 2. The molecule has 0 fully saturated rings. The van der Waals surface area contributed by atoms with Crippen molar-refractivity contribution in [2.45, 2.75) is 13.3 Å². The number of phenols is 1. The summed E-state index contributed by atoms with van der Waals surface area (Å²) in [6, 6.07) is 12.7. The first-order chi connectivity index (χ1) is 16.7. The Morgan fingerprint density at radius 3 is 2.31 bits per heavy atom. The van der Waals surface area contributed by atoms with Gasteiger partial charge in [0.2, 0.25) is 11.7 Å². The van der Waals surface area contributed by atoms with E-state index in [1.807, 2.05) is 13.0 Å². The van der Waals surface area contributed by atoms with Crippen molar-refractivity contribution in [2.24, 2.45) is 0 Å². The van der Waals surface area contributed by atoms with Gasteiger partial charge in [0.05, 0.1) is 30.7 Å². The number of methoxy groups -OCH3 is 2. The number of nitrogens with one attached hydrogen (secondary N) is 1. The van der Waals surface area contributed by atoms with E-state index in [4.69, 9.17) is 32.7 Å². The third-order valence-corrected chi connectivity index (χ3v) is 6.55. The molecule has 8 heteroatoms. The SMILES string of the molecule is COc1cc(C=C2C(C)=C(CC(=O)Nc3ccc(Cl)c(Cl)c3)c3cc(F)ccc32)cc(OC)c1O. The Bertz CT molecular complexity index is 1370. The van der Waals surface area contributed by atoms with Gasteiger partial charge in [-0.3, -0.25) is 4.79 Å². The highest BCUT2D eigenvalue weighted by Crippen LogP contribution is 2.45. The van der Waals surface area contributed by atoms with Crippen molar-refractivity contribution in [3.8, 4) is 17.2 Å². The second-order valence-electron chi connectivity index (χ2n) is 7.98. The number of hydrogen-bond acceptors (Lipinski definition) is 4. The Balaban J connectivity index is 1.73. The number of anilines is 1. The maximum atomic E-state index is 14.2. The van der Waals surface area contributed by atoms with E-state index >= 15 is 0 Å². The Kier molecular flexibility index (Phi) is 7.05. The molecule has 1 amide bonds. The number of carbonyl (C=O) groups is 1. The largest absolute Gasteiger partial charge is 0.502 e. The number of allylic oxidation sites excluding steroid dienone is 2. The van der Waals surface area contributed by atoms with Crippen LogP contribution in [0.3, 0.4) is 0 Å². The van der Waals surface area contributed by atoms with E-state index in [0.29, 0.717) is 32.4 Å². The van der Waals surface area contributed by atoms with Crippen molar-refractivity contribution < 1.29 is 23.8 Å². The van der Waals surface area contributed by atoms with Gasteiger partial charge in [0, 0.05) is 5.69 Å². The summed E-state index contributed by atoms with van der Waals surface area (Å²) in [4.78, 5) is 12.9. The normalized spacial score (nSPS) is 13.7. The van der Waals surface area contributed by atoms with Crippen molar-refractivity contribution in [1.29, 1.82) is 0 Å². The zero-order valence-corrected chi connectivity index (χ0v) is 20.7. The molecule has 0 radical (unpaired) electrons.